The Morgan fingerprint density at radius 1 is 1.03 bits per heavy atom. The van der Waals surface area contributed by atoms with Crippen LogP contribution in [0.1, 0.15) is 35.8 Å². The number of piperazine rings is 1. The number of halogens is 2. The highest BCUT2D eigenvalue weighted by Crippen LogP contribution is 2.38. The number of nitrogens with zero attached hydrogens (tertiary/aromatic N) is 3. The Kier molecular flexibility index (Phi) is 9.37. The Bertz CT molecular complexity index is 1260. The highest BCUT2D eigenvalue weighted by atomic mass is 35.5. The molecule has 208 valence electrons. The molecule has 9 nitrogen and oxygen atoms in total. The number of rotatable bonds is 8. The van der Waals surface area contributed by atoms with Gasteiger partial charge in [-0.05, 0) is 49.7 Å². The summed E-state index contributed by atoms with van der Waals surface area (Å²) in [7, 11) is 1.58. The Morgan fingerprint density at radius 3 is 2.33 bits per heavy atom. The number of nitrogens with one attached hydrogen (secondary N) is 1. The summed E-state index contributed by atoms with van der Waals surface area (Å²) in [6, 6.07) is 11.0. The van der Waals surface area contributed by atoms with Gasteiger partial charge in [-0.3, -0.25) is 14.6 Å². The van der Waals surface area contributed by atoms with E-state index in [4.69, 9.17) is 32.7 Å². The Morgan fingerprint density at radius 2 is 1.72 bits per heavy atom. The first kappa shape index (κ1) is 28.7. The van der Waals surface area contributed by atoms with Crippen molar-refractivity contribution in [3.8, 4) is 5.75 Å². The first-order valence-corrected chi connectivity index (χ1v) is 13.6. The van der Waals surface area contributed by atoms with E-state index in [2.05, 4.69) is 10.2 Å². The molecular formula is C28H32Cl2N4O5. The van der Waals surface area contributed by atoms with Crippen molar-refractivity contribution in [1.82, 2.24) is 20.0 Å². The number of carbonyl (C=O) groups excluding carboxylic acids is 3. The average Bonchev–Trinajstić information content (AvgIpc) is 2.94. The lowest BCUT2D eigenvalue weighted by Crippen LogP contribution is -2.53. The molecule has 1 saturated heterocycles. The molecule has 2 aromatic rings. The second-order valence-electron chi connectivity index (χ2n) is 9.15. The van der Waals surface area contributed by atoms with Crippen molar-refractivity contribution in [2.24, 2.45) is 0 Å². The quantitative estimate of drug-likeness (QED) is 0.471. The van der Waals surface area contributed by atoms with Gasteiger partial charge in [-0.2, -0.15) is 0 Å². The number of ether oxygens (including phenoxy) is 2. The van der Waals surface area contributed by atoms with Gasteiger partial charge < -0.3 is 19.7 Å². The molecule has 0 aliphatic carbocycles. The van der Waals surface area contributed by atoms with Crippen molar-refractivity contribution in [3.63, 3.8) is 0 Å². The van der Waals surface area contributed by atoms with Crippen LogP contribution in [0.2, 0.25) is 10.0 Å². The Hall–Kier alpha value is -3.27. The molecule has 11 heteroatoms. The average molecular weight is 575 g/mol. The number of amides is 3. The van der Waals surface area contributed by atoms with Crippen LogP contribution in [0.4, 0.5) is 4.79 Å². The van der Waals surface area contributed by atoms with E-state index < -0.39 is 12.0 Å². The fourth-order valence-electron chi connectivity index (χ4n) is 4.87. The molecule has 1 unspecified atom stereocenters. The highest BCUT2D eigenvalue weighted by Gasteiger charge is 2.39. The molecule has 0 aromatic heterocycles. The van der Waals surface area contributed by atoms with Crippen LogP contribution in [0.3, 0.4) is 0 Å². The minimum absolute atomic E-state index is 0.0494. The van der Waals surface area contributed by atoms with Crippen LogP contribution in [0.5, 0.6) is 5.75 Å². The smallest absolute Gasteiger partial charge is 0.338 e. The lowest BCUT2D eigenvalue weighted by molar-refractivity contribution is -0.139. The molecule has 1 fully saturated rings. The van der Waals surface area contributed by atoms with Gasteiger partial charge in [0.25, 0.3) is 5.91 Å². The fourth-order valence-corrected chi connectivity index (χ4v) is 5.29. The Labute approximate surface area is 238 Å². The number of hydrogen-bond donors (Lipinski definition) is 1. The third kappa shape index (κ3) is 6.16. The van der Waals surface area contributed by atoms with Crippen LogP contribution in [0.25, 0.3) is 0 Å². The molecule has 2 aliphatic heterocycles. The number of urea groups is 1. The van der Waals surface area contributed by atoms with Gasteiger partial charge in [-0.1, -0.05) is 35.3 Å². The third-order valence-corrected chi connectivity index (χ3v) is 7.75. The van der Waals surface area contributed by atoms with Gasteiger partial charge in [0, 0.05) is 50.5 Å². The maximum atomic E-state index is 13.3. The lowest BCUT2D eigenvalue weighted by Gasteiger charge is -2.40. The van der Waals surface area contributed by atoms with Crippen molar-refractivity contribution in [3.05, 3.63) is 74.9 Å². The van der Waals surface area contributed by atoms with Crippen molar-refractivity contribution in [1.29, 1.82) is 0 Å². The molecule has 4 rings (SSSR count). The monoisotopic (exact) mass is 574 g/mol. The number of esters is 1. The highest BCUT2D eigenvalue weighted by molar-refractivity contribution is 6.42. The van der Waals surface area contributed by atoms with E-state index in [0.717, 1.165) is 0 Å². The van der Waals surface area contributed by atoms with Gasteiger partial charge >= 0.3 is 12.0 Å². The van der Waals surface area contributed by atoms with Gasteiger partial charge in [-0.25, -0.2) is 9.59 Å². The summed E-state index contributed by atoms with van der Waals surface area (Å²) in [5, 5.41) is 3.50. The maximum Gasteiger partial charge on any atom is 0.338 e. The molecule has 0 spiro atoms. The number of likely N-dealkylation sites (N-methyl/N-ethyl adjacent to an activating group) is 1. The molecular weight excluding hydrogens is 543 g/mol. The first-order chi connectivity index (χ1) is 18.8. The maximum absolute atomic E-state index is 13.3. The predicted octanol–water partition coefficient (Wildman–Crippen LogP) is 4.36. The molecule has 39 heavy (non-hydrogen) atoms. The number of benzene rings is 2. The molecule has 2 heterocycles. The molecule has 1 atom stereocenters. The SMILES string of the molecule is CCOC(=O)C1=C(CN2CCN(C(=O)c3ccc(OC)cc3)CC2)N(CC)C(=O)NC1c1cccc(Cl)c1Cl. The van der Waals surface area contributed by atoms with E-state index in [-0.39, 0.29) is 23.6 Å². The summed E-state index contributed by atoms with van der Waals surface area (Å²) in [6.07, 6.45) is 0. The zero-order chi connectivity index (χ0) is 28.1. The molecule has 0 saturated carbocycles. The summed E-state index contributed by atoms with van der Waals surface area (Å²) in [4.78, 5) is 45.0. The minimum atomic E-state index is -0.821. The summed E-state index contributed by atoms with van der Waals surface area (Å²) in [5.41, 5.74) is 1.98. The molecule has 0 bridgehead atoms. The normalized spacial score (nSPS) is 18.2. The van der Waals surface area contributed by atoms with Crippen molar-refractivity contribution >= 4 is 41.1 Å². The molecule has 2 aliphatic rings. The van der Waals surface area contributed by atoms with Crippen molar-refractivity contribution < 1.29 is 23.9 Å². The van der Waals surface area contributed by atoms with E-state index in [9.17, 15) is 14.4 Å². The van der Waals surface area contributed by atoms with Gasteiger partial charge in [0.05, 0.1) is 35.4 Å². The van der Waals surface area contributed by atoms with Crippen LogP contribution < -0.4 is 10.1 Å². The second-order valence-corrected chi connectivity index (χ2v) is 9.93. The van der Waals surface area contributed by atoms with Gasteiger partial charge in [0.15, 0.2) is 0 Å². The van der Waals surface area contributed by atoms with Gasteiger partial charge in [0.1, 0.15) is 5.75 Å². The predicted molar refractivity (Wildman–Crippen MR) is 149 cm³/mol. The number of hydrogen-bond acceptors (Lipinski definition) is 6. The zero-order valence-electron chi connectivity index (χ0n) is 22.2. The summed E-state index contributed by atoms with van der Waals surface area (Å²) in [6.45, 7) is 6.61. The lowest BCUT2D eigenvalue weighted by atomic mass is 9.94. The fraction of sp³-hybridized carbons (Fsp3) is 0.393. The standard InChI is InChI=1S/C28H32Cl2N4O5/c1-4-34-22(17-32-13-15-33(16-14-32)26(35)18-9-11-19(38-3)12-10-18)23(27(36)39-5-2)25(31-28(34)37)20-7-6-8-21(29)24(20)30/h6-12,25H,4-5,13-17H2,1-3H3,(H,31,37). The van der Waals surface area contributed by atoms with Crippen LogP contribution in [-0.2, 0) is 9.53 Å². The zero-order valence-corrected chi connectivity index (χ0v) is 23.7. The number of carbonyl (C=O) groups is 3. The molecule has 1 N–H and O–H groups in total. The van der Waals surface area contributed by atoms with E-state index >= 15 is 0 Å². The van der Waals surface area contributed by atoms with Gasteiger partial charge in [-0.15, -0.1) is 0 Å². The van der Waals surface area contributed by atoms with Crippen LogP contribution in [0.15, 0.2) is 53.7 Å². The number of methoxy groups -OCH3 is 1. The van der Waals surface area contributed by atoms with Crippen LogP contribution in [0, 0.1) is 0 Å². The topological polar surface area (TPSA) is 91.4 Å². The third-order valence-electron chi connectivity index (χ3n) is 6.91. The van der Waals surface area contributed by atoms with E-state index in [0.29, 0.717) is 72.4 Å². The molecule has 0 radical (unpaired) electrons. The van der Waals surface area contributed by atoms with E-state index in [1.54, 1.807) is 66.3 Å². The Balaban J connectivity index is 1.60. The largest absolute Gasteiger partial charge is 0.497 e. The minimum Gasteiger partial charge on any atom is -0.497 e. The molecule has 2 aromatic carbocycles. The summed E-state index contributed by atoms with van der Waals surface area (Å²) >= 11 is 12.8. The van der Waals surface area contributed by atoms with E-state index in [1.807, 2.05) is 6.92 Å². The van der Waals surface area contributed by atoms with Crippen molar-refractivity contribution in [2.45, 2.75) is 19.9 Å². The second kappa shape index (κ2) is 12.7. The van der Waals surface area contributed by atoms with Crippen molar-refractivity contribution in [2.75, 3.05) is 53.0 Å². The van der Waals surface area contributed by atoms with Crippen LogP contribution >= 0.6 is 23.2 Å². The first-order valence-electron chi connectivity index (χ1n) is 12.9. The summed E-state index contributed by atoms with van der Waals surface area (Å²) in [5.74, 6) is 0.114. The molecule has 3 amide bonds. The van der Waals surface area contributed by atoms with Crippen LogP contribution in [-0.4, -0.2) is 85.6 Å². The van der Waals surface area contributed by atoms with Gasteiger partial charge in [0.2, 0.25) is 0 Å². The summed E-state index contributed by atoms with van der Waals surface area (Å²) < 4.78 is 10.6. The van der Waals surface area contributed by atoms with E-state index in [1.165, 1.54) is 0 Å².